The number of nitrogen functional groups attached to an aromatic ring is 1. The van der Waals surface area contributed by atoms with Gasteiger partial charge >= 0.3 is 0 Å². The zero-order chi connectivity index (χ0) is 11.5. The summed E-state index contributed by atoms with van der Waals surface area (Å²) >= 11 is 10.4. The van der Waals surface area contributed by atoms with Crippen LogP contribution in [0.25, 0.3) is 0 Å². The molecular weight excluding hydrogens is 370 g/mol. The molecule has 0 aliphatic rings. The van der Waals surface area contributed by atoms with Gasteiger partial charge in [0.2, 0.25) is 0 Å². The topological polar surface area (TPSA) is 26.0 Å². The number of thioether (sulfide) groups is 1. The maximum Gasteiger partial charge on any atom is 0.0463 e. The van der Waals surface area contributed by atoms with Gasteiger partial charge in [0.1, 0.15) is 0 Å². The van der Waals surface area contributed by atoms with Crippen LogP contribution in [-0.2, 0) is 5.75 Å². The van der Waals surface area contributed by atoms with Gasteiger partial charge in [0, 0.05) is 35.5 Å². The van der Waals surface area contributed by atoms with Crippen LogP contribution in [0.1, 0.15) is 4.88 Å². The first-order valence-corrected chi connectivity index (χ1v) is 8.01. The summed E-state index contributed by atoms with van der Waals surface area (Å²) in [7, 11) is 0. The molecule has 0 spiro atoms. The Bertz CT molecular complexity index is 496. The predicted octanol–water partition coefficient (Wildman–Crippen LogP) is 5.15. The fourth-order valence-electron chi connectivity index (χ4n) is 1.23. The molecule has 0 fully saturated rings. The van der Waals surface area contributed by atoms with Crippen molar-refractivity contribution in [2.75, 3.05) is 5.73 Å². The number of hydrogen-bond acceptors (Lipinski definition) is 3. The molecule has 0 radical (unpaired) electrons. The molecule has 0 atom stereocenters. The summed E-state index contributed by atoms with van der Waals surface area (Å²) in [6, 6.07) is 8.15. The molecule has 0 bridgehead atoms. The van der Waals surface area contributed by atoms with Crippen molar-refractivity contribution in [3.63, 3.8) is 0 Å². The van der Waals surface area contributed by atoms with E-state index in [9.17, 15) is 0 Å². The molecule has 1 aromatic heterocycles. The van der Waals surface area contributed by atoms with Crippen LogP contribution in [0.4, 0.5) is 5.69 Å². The van der Waals surface area contributed by atoms with E-state index in [2.05, 4.69) is 43.3 Å². The molecule has 5 heteroatoms. The van der Waals surface area contributed by atoms with Gasteiger partial charge in [-0.25, -0.2) is 0 Å². The minimum Gasteiger partial charge on any atom is -0.398 e. The summed E-state index contributed by atoms with van der Waals surface area (Å²) < 4.78 is 2.17. The zero-order valence-corrected chi connectivity index (χ0v) is 13.0. The zero-order valence-electron chi connectivity index (χ0n) is 8.24. The Morgan fingerprint density at radius 1 is 1.19 bits per heavy atom. The number of rotatable bonds is 3. The summed E-state index contributed by atoms with van der Waals surface area (Å²) in [5, 5.41) is 2.10. The lowest BCUT2D eigenvalue weighted by molar-refractivity contribution is 1.42. The van der Waals surface area contributed by atoms with E-state index in [1.165, 1.54) is 4.88 Å². The number of anilines is 1. The van der Waals surface area contributed by atoms with Crippen LogP contribution in [0.3, 0.4) is 0 Å². The molecule has 2 aromatic rings. The molecule has 0 saturated carbocycles. The largest absolute Gasteiger partial charge is 0.398 e. The average Bonchev–Trinajstić information content (AvgIpc) is 2.63. The van der Waals surface area contributed by atoms with Crippen molar-refractivity contribution >= 4 is 60.6 Å². The summed E-state index contributed by atoms with van der Waals surface area (Å²) in [6.07, 6.45) is 0. The Hall–Kier alpha value is 0.0300. The van der Waals surface area contributed by atoms with Crippen LogP contribution in [0.2, 0.25) is 0 Å². The van der Waals surface area contributed by atoms with Crippen LogP contribution >= 0.6 is 55.0 Å². The van der Waals surface area contributed by atoms with E-state index in [1.807, 2.05) is 18.2 Å². The highest BCUT2D eigenvalue weighted by Gasteiger charge is 2.03. The normalized spacial score (nSPS) is 10.6. The van der Waals surface area contributed by atoms with E-state index in [1.54, 1.807) is 23.1 Å². The lowest BCUT2D eigenvalue weighted by Crippen LogP contribution is -1.88. The van der Waals surface area contributed by atoms with E-state index >= 15 is 0 Å². The Morgan fingerprint density at radius 2 is 2.00 bits per heavy atom. The maximum atomic E-state index is 5.93. The van der Waals surface area contributed by atoms with Crippen LogP contribution < -0.4 is 5.73 Å². The molecule has 0 amide bonds. The number of hydrogen-bond donors (Lipinski definition) is 1. The highest BCUT2D eigenvalue weighted by atomic mass is 79.9. The van der Waals surface area contributed by atoms with Gasteiger partial charge in [-0.1, -0.05) is 15.9 Å². The number of nitrogens with two attached hydrogens (primary N) is 1. The molecule has 16 heavy (non-hydrogen) atoms. The third-order valence-electron chi connectivity index (χ3n) is 1.96. The fraction of sp³-hybridized carbons (Fsp3) is 0.0909. The smallest absolute Gasteiger partial charge is 0.0463 e. The first-order valence-electron chi connectivity index (χ1n) is 4.56. The summed E-state index contributed by atoms with van der Waals surface area (Å²) in [6.45, 7) is 0. The van der Waals surface area contributed by atoms with Crippen LogP contribution in [0.5, 0.6) is 0 Å². The first-order chi connectivity index (χ1) is 7.65. The first kappa shape index (κ1) is 12.5. The average molecular weight is 379 g/mol. The second kappa shape index (κ2) is 5.58. The predicted molar refractivity (Wildman–Crippen MR) is 80.1 cm³/mol. The molecule has 2 rings (SSSR count). The standard InChI is InChI=1S/C11H9Br2NS2/c12-7-1-2-11(10(14)4-7)16-6-9-3-8(13)5-15-9/h1-5H,6,14H2. The monoisotopic (exact) mass is 377 g/mol. The Balaban J connectivity index is 2.04. The van der Waals surface area contributed by atoms with E-state index in [4.69, 9.17) is 5.73 Å². The van der Waals surface area contributed by atoms with Crippen molar-refractivity contribution in [1.29, 1.82) is 0 Å². The molecule has 2 N–H and O–H groups in total. The summed E-state index contributed by atoms with van der Waals surface area (Å²) in [5.74, 6) is 0.960. The Labute approximate surface area is 120 Å². The van der Waals surface area contributed by atoms with E-state index < -0.39 is 0 Å². The molecule has 1 aromatic carbocycles. The number of thiophene rings is 1. The fourth-order valence-corrected chi connectivity index (χ4v) is 4.06. The highest BCUT2D eigenvalue weighted by Crippen LogP contribution is 2.32. The lowest BCUT2D eigenvalue weighted by atomic mass is 10.3. The highest BCUT2D eigenvalue weighted by molar-refractivity contribution is 9.10. The molecule has 84 valence electrons. The SMILES string of the molecule is Nc1cc(Br)ccc1SCc1cc(Br)cs1. The molecule has 1 nitrogen and oxygen atoms in total. The summed E-state index contributed by atoms with van der Waals surface area (Å²) in [5.41, 5.74) is 6.76. The molecule has 0 aliphatic heterocycles. The van der Waals surface area contributed by atoms with Gasteiger partial charge in [0.15, 0.2) is 0 Å². The minimum absolute atomic E-state index is 0.829. The molecular formula is C11H9Br2NS2. The van der Waals surface area contributed by atoms with Gasteiger partial charge < -0.3 is 5.73 Å². The van der Waals surface area contributed by atoms with Crippen molar-refractivity contribution in [3.05, 3.63) is 43.5 Å². The van der Waals surface area contributed by atoms with E-state index in [0.717, 1.165) is 25.3 Å². The molecule has 0 saturated heterocycles. The molecule has 0 unspecified atom stereocenters. The van der Waals surface area contributed by atoms with E-state index in [-0.39, 0.29) is 0 Å². The van der Waals surface area contributed by atoms with Crippen molar-refractivity contribution in [2.24, 2.45) is 0 Å². The van der Waals surface area contributed by atoms with Gasteiger partial charge in [-0.2, -0.15) is 0 Å². The van der Waals surface area contributed by atoms with E-state index in [0.29, 0.717) is 0 Å². The maximum absolute atomic E-state index is 5.93. The van der Waals surface area contributed by atoms with Gasteiger partial charge in [0.25, 0.3) is 0 Å². The molecule has 1 heterocycles. The van der Waals surface area contributed by atoms with Crippen molar-refractivity contribution in [1.82, 2.24) is 0 Å². The van der Waals surface area contributed by atoms with Crippen LogP contribution in [0.15, 0.2) is 43.5 Å². The third kappa shape index (κ3) is 3.26. The Kier molecular flexibility index (Phi) is 4.35. The number of halogens is 2. The van der Waals surface area contributed by atoms with Crippen molar-refractivity contribution in [2.45, 2.75) is 10.6 Å². The quantitative estimate of drug-likeness (QED) is 0.590. The van der Waals surface area contributed by atoms with Gasteiger partial charge in [-0.05, 0) is 40.2 Å². The van der Waals surface area contributed by atoms with Gasteiger partial charge in [0.05, 0.1) is 0 Å². The van der Waals surface area contributed by atoms with Crippen molar-refractivity contribution < 1.29 is 0 Å². The minimum atomic E-state index is 0.829. The Morgan fingerprint density at radius 3 is 2.62 bits per heavy atom. The number of benzene rings is 1. The van der Waals surface area contributed by atoms with Crippen LogP contribution in [0, 0.1) is 0 Å². The second-order valence-corrected chi connectivity index (χ2v) is 7.05. The third-order valence-corrected chi connectivity index (χ3v) is 5.48. The lowest BCUT2D eigenvalue weighted by Gasteiger charge is -2.04. The van der Waals surface area contributed by atoms with Gasteiger partial charge in [-0.15, -0.1) is 23.1 Å². The summed E-state index contributed by atoms with van der Waals surface area (Å²) in [4.78, 5) is 2.48. The van der Waals surface area contributed by atoms with Gasteiger partial charge in [-0.3, -0.25) is 0 Å². The second-order valence-electron chi connectivity index (χ2n) is 3.20. The van der Waals surface area contributed by atoms with Crippen LogP contribution in [-0.4, -0.2) is 0 Å². The van der Waals surface area contributed by atoms with Crippen molar-refractivity contribution in [3.8, 4) is 0 Å². The molecule has 0 aliphatic carbocycles.